The second-order valence-electron chi connectivity index (χ2n) is 5.86. The van der Waals surface area contributed by atoms with Crippen LogP contribution < -0.4 is 10.2 Å². The molecule has 0 fully saturated rings. The minimum atomic E-state index is 0.0284. The van der Waals surface area contributed by atoms with Gasteiger partial charge in [-0.05, 0) is 30.7 Å². The van der Waals surface area contributed by atoms with Crippen molar-refractivity contribution in [2.75, 3.05) is 17.3 Å². The van der Waals surface area contributed by atoms with E-state index < -0.39 is 0 Å². The molecule has 2 aromatic carbocycles. The maximum absolute atomic E-state index is 12.3. The normalized spacial score (nSPS) is 14.3. The number of anilines is 2. The molecule has 4 nitrogen and oxygen atoms in total. The van der Waals surface area contributed by atoms with Gasteiger partial charge in [0, 0.05) is 24.7 Å². The van der Waals surface area contributed by atoms with Crippen molar-refractivity contribution in [3.05, 3.63) is 65.9 Å². The van der Waals surface area contributed by atoms with E-state index in [0.29, 0.717) is 0 Å². The molecule has 0 saturated heterocycles. The summed E-state index contributed by atoms with van der Waals surface area (Å²) in [6.07, 6.45) is 1.71. The van der Waals surface area contributed by atoms with Crippen molar-refractivity contribution in [2.24, 2.45) is 0 Å². The fourth-order valence-electron chi connectivity index (χ4n) is 3.17. The minimum absolute atomic E-state index is 0.0284. The Morgan fingerprint density at radius 3 is 2.65 bits per heavy atom. The van der Waals surface area contributed by atoms with E-state index >= 15 is 0 Å². The molecule has 114 valence electrons. The fourth-order valence-corrected chi connectivity index (χ4v) is 3.17. The predicted molar refractivity (Wildman–Crippen MR) is 93.0 cm³/mol. The largest absolute Gasteiger partial charge is 0.377 e. The van der Waals surface area contributed by atoms with E-state index in [1.54, 1.807) is 24.2 Å². The number of hydrogen-bond acceptors (Lipinski definition) is 3. The molecule has 1 aliphatic rings. The molecular formula is C19H17N3O. The lowest BCUT2D eigenvalue weighted by atomic mass is 10.1. The Morgan fingerprint density at radius 2 is 1.87 bits per heavy atom. The summed E-state index contributed by atoms with van der Waals surface area (Å²) in [5.74, 6) is 0.0284. The topological polar surface area (TPSA) is 45.2 Å². The van der Waals surface area contributed by atoms with Gasteiger partial charge in [0.1, 0.15) is 0 Å². The highest BCUT2D eigenvalue weighted by Crippen LogP contribution is 2.39. The van der Waals surface area contributed by atoms with Crippen molar-refractivity contribution < 1.29 is 4.79 Å². The van der Waals surface area contributed by atoms with E-state index in [2.05, 4.69) is 29.4 Å². The van der Waals surface area contributed by atoms with Crippen LogP contribution in [0.2, 0.25) is 0 Å². The molecule has 0 bridgehead atoms. The highest BCUT2D eigenvalue weighted by molar-refractivity contribution is 6.25. The van der Waals surface area contributed by atoms with Gasteiger partial charge in [0.25, 0.3) is 5.91 Å². The van der Waals surface area contributed by atoms with Gasteiger partial charge < -0.3 is 10.2 Å². The van der Waals surface area contributed by atoms with Crippen LogP contribution in [0.5, 0.6) is 0 Å². The predicted octanol–water partition coefficient (Wildman–Crippen LogP) is 4.00. The molecule has 1 atom stereocenters. The number of amides is 1. The summed E-state index contributed by atoms with van der Waals surface area (Å²) in [5.41, 5.74) is 4.66. The monoisotopic (exact) mass is 303 g/mol. The summed E-state index contributed by atoms with van der Waals surface area (Å²) in [4.78, 5) is 18.5. The van der Waals surface area contributed by atoms with Crippen molar-refractivity contribution >= 4 is 28.2 Å². The molecule has 1 aliphatic heterocycles. The molecule has 0 spiro atoms. The molecule has 0 radical (unpaired) electrons. The number of aromatic nitrogens is 1. The lowest BCUT2D eigenvalue weighted by molar-refractivity contribution is 0.0999. The smallest absolute Gasteiger partial charge is 0.258 e. The molecule has 4 rings (SSSR count). The summed E-state index contributed by atoms with van der Waals surface area (Å²) in [6.45, 7) is 2.12. The Bertz CT molecular complexity index is 905. The van der Waals surface area contributed by atoms with Gasteiger partial charge in [-0.25, -0.2) is 0 Å². The van der Waals surface area contributed by atoms with Gasteiger partial charge in [0.2, 0.25) is 0 Å². The van der Waals surface area contributed by atoms with Crippen molar-refractivity contribution in [3.8, 4) is 0 Å². The van der Waals surface area contributed by atoms with Crippen molar-refractivity contribution in [1.82, 2.24) is 4.98 Å². The fraction of sp³-hybridized carbons (Fsp3) is 0.158. The van der Waals surface area contributed by atoms with Crippen molar-refractivity contribution in [1.29, 1.82) is 0 Å². The average Bonchev–Trinajstić information content (AvgIpc) is 2.84. The van der Waals surface area contributed by atoms with Gasteiger partial charge >= 0.3 is 0 Å². The summed E-state index contributed by atoms with van der Waals surface area (Å²) in [6, 6.07) is 16.2. The van der Waals surface area contributed by atoms with Crippen LogP contribution in [0, 0.1) is 0 Å². The molecule has 1 unspecified atom stereocenters. The molecule has 0 aliphatic carbocycles. The molecule has 23 heavy (non-hydrogen) atoms. The van der Waals surface area contributed by atoms with E-state index in [4.69, 9.17) is 0 Å². The molecule has 1 N–H and O–H groups in total. The first-order valence-electron chi connectivity index (χ1n) is 7.68. The van der Waals surface area contributed by atoms with E-state index in [9.17, 15) is 4.79 Å². The van der Waals surface area contributed by atoms with Crippen LogP contribution in [0.25, 0.3) is 10.9 Å². The van der Waals surface area contributed by atoms with Crippen LogP contribution in [0.3, 0.4) is 0 Å². The van der Waals surface area contributed by atoms with Crippen LogP contribution in [0.4, 0.5) is 11.4 Å². The number of hydrogen-bond donors (Lipinski definition) is 1. The third-order valence-corrected chi connectivity index (χ3v) is 4.44. The van der Waals surface area contributed by atoms with Crippen molar-refractivity contribution in [3.63, 3.8) is 0 Å². The highest BCUT2D eigenvalue weighted by Gasteiger charge is 2.28. The van der Waals surface area contributed by atoms with E-state index in [1.165, 1.54) is 5.56 Å². The van der Waals surface area contributed by atoms with Gasteiger partial charge in [-0.15, -0.1) is 0 Å². The van der Waals surface area contributed by atoms with E-state index in [-0.39, 0.29) is 11.9 Å². The number of nitrogens with one attached hydrogen (secondary N) is 1. The number of nitrogens with zero attached hydrogens (tertiary/aromatic N) is 2. The van der Waals surface area contributed by atoms with Gasteiger partial charge in [0.05, 0.1) is 22.5 Å². The minimum Gasteiger partial charge on any atom is -0.377 e. The maximum atomic E-state index is 12.3. The Labute approximate surface area is 134 Å². The molecule has 4 heteroatoms. The van der Waals surface area contributed by atoms with Gasteiger partial charge in [-0.3, -0.25) is 9.78 Å². The lowest BCUT2D eigenvalue weighted by Gasteiger charge is -2.17. The zero-order chi connectivity index (χ0) is 16.0. The summed E-state index contributed by atoms with van der Waals surface area (Å²) in [7, 11) is 1.80. The standard InChI is InChI=1S/C19H17N3O/c1-12(13-6-4-3-5-7-13)21-15-8-9-16-17-14(19(23)22(16)2)10-11-20-18(15)17/h3-12,21H,1-2H3. The molecule has 1 amide bonds. The average molecular weight is 303 g/mol. The summed E-state index contributed by atoms with van der Waals surface area (Å²) in [5, 5.41) is 4.46. The zero-order valence-corrected chi connectivity index (χ0v) is 13.1. The van der Waals surface area contributed by atoms with Gasteiger partial charge in [-0.2, -0.15) is 0 Å². The second-order valence-corrected chi connectivity index (χ2v) is 5.86. The Hall–Kier alpha value is -2.88. The second kappa shape index (κ2) is 5.09. The molecule has 1 aromatic heterocycles. The zero-order valence-electron chi connectivity index (χ0n) is 13.1. The van der Waals surface area contributed by atoms with E-state index in [0.717, 1.165) is 27.8 Å². The number of rotatable bonds is 3. The number of benzene rings is 2. The SMILES string of the molecule is CC(Nc1ccc2c3c(ccnc13)C(=O)N2C)c1ccccc1. The van der Waals surface area contributed by atoms with Crippen molar-refractivity contribution in [2.45, 2.75) is 13.0 Å². The summed E-state index contributed by atoms with van der Waals surface area (Å²) < 4.78 is 0. The summed E-state index contributed by atoms with van der Waals surface area (Å²) >= 11 is 0. The third-order valence-electron chi connectivity index (χ3n) is 4.44. The van der Waals surface area contributed by atoms with Crippen LogP contribution in [0.15, 0.2) is 54.7 Å². The molecule has 3 aromatic rings. The quantitative estimate of drug-likeness (QED) is 0.795. The van der Waals surface area contributed by atoms with Crippen LogP contribution >= 0.6 is 0 Å². The van der Waals surface area contributed by atoms with Gasteiger partial charge in [0.15, 0.2) is 0 Å². The Morgan fingerprint density at radius 1 is 1.09 bits per heavy atom. The lowest BCUT2D eigenvalue weighted by Crippen LogP contribution is -2.20. The molecular weight excluding hydrogens is 286 g/mol. The number of pyridine rings is 1. The number of carbonyl (C=O) groups excluding carboxylic acids is 1. The Kier molecular flexibility index (Phi) is 3.05. The molecule has 2 heterocycles. The third kappa shape index (κ3) is 2.06. The van der Waals surface area contributed by atoms with Crippen LogP contribution in [-0.2, 0) is 0 Å². The Balaban J connectivity index is 1.80. The van der Waals surface area contributed by atoms with Crippen LogP contribution in [0.1, 0.15) is 28.9 Å². The number of carbonyl (C=O) groups is 1. The van der Waals surface area contributed by atoms with E-state index in [1.807, 2.05) is 30.3 Å². The highest BCUT2D eigenvalue weighted by atomic mass is 16.2. The maximum Gasteiger partial charge on any atom is 0.258 e. The first-order chi connectivity index (χ1) is 11.2. The first kappa shape index (κ1) is 13.8. The van der Waals surface area contributed by atoms with Gasteiger partial charge in [-0.1, -0.05) is 30.3 Å². The van der Waals surface area contributed by atoms with Crippen LogP contribution in [-0.4, -0.2) is 17.9 Å². The first-order valence-corrected chi connectivity index (χ1v) is 7.68. The molecule has 0 saturated carbocycles.